The van der Waals surface area contributed by atoms with Crippen LogP contribution in [0.5, 0.6) is 0 Å². The Kier molecular flexibility index (Phi) is 4.01. The zero-order chi connectivity index (χ0) is 14.7. The molecular formula is C15H15ClN4O. The molecule has 0 radical (unpaired) electrons. The maximum Gasteiger partial charge on any atom is 0.275 e. The largest absolute Gasteiger partial charge is 0.370 e. The lowest BCUT2D eigenvalue weighted by atomic mass is 10.3. The van der Waals surface area contributed by atoms with Crippen molar-refractivity contribution in [1.29, 1.82) is 0 Å². The smallest absolute Gasteiger partial charge is 0.275 e. The molecule has 2 aromatic rings. The lowest BCUT2D eigenvalue weighted by Gasteiger charge is -2.17. The van der Waals surface area contributed by atoms with Crippen LogP contribution in [-0.4, -0.2) is 29.0 Å². The minimum atomic E-state index is -0.320. The lowest BCUT2D eigenvalue weighted by Crippen LogP contribution is -2.18. The third-order valence-corrected chi connectivity index (χ3v) is 3.65. The van der Waals surface area contributed by atoms with E-state index in [0.29, 0.717) is 10.8 Å². The number of aromatic nitrogens is 2. The van der Waals surface area contributed by atoms with Gasteiger partial charge in [-0.3, -0.25) is 9.78 Å². The summed E-state index contributed by atoms with van der Waals surface area (Å²) < 4.78 is 0. The van der Waals surface area contributed by atoms with Gasteiger partial charge in [-0.05, 0) is 37.1 Å². The summed E-state index contributed by atoms with van der Waals surface area (Å²) in [7, 11) is 0. The average Bonchev–Trinajstić information content (AvgIpc) is 3.02. The third kappa shape index (κ3) is 3.31. The predicted octanol–water partition coefficient (Wildman–Crippen LogP) is 2.98. The Labute approximate surface area is 128 Å². The fourth-order valence-electron chi connectivity index (χ4n) is 2.33. The number of anilines is 2. The van der Waals surface area contributed by atoms with Crippen molar-refractivity contribution in [1.82, 2.24) is 9.97 Å². The highest BCUT2D eigenvalue weighted by Gasteiger charge is 2.13. The van der Waals surface area contributed by atoms with E-state index in [2.05, 4.69) is 20.2 Å². The zero-order valence-corrected chi connectivity index (χ0v) is 12.2. The van der Waals surface area contributed by atoms with E-state index in [4.69, 9.17) is 11.6 Å². The number of rotatable bonds is 3. The molecule has 0 saturated carbocycles. The number of hydrogen-bond acceptors (Lipinski definition) is 4. The predicted molar refractivity (Wildman–Crippen MR) is 82.9 cm³/mol. The summed E-state index contributed by atoms with van der Waals surface area (Å²) in [5.74, 6) is 0.184. The number of pyridine rings is 2. The van der Waals surface area contributed by atoms with Gasteiger partial charge < -0.3 is 10.2 Å². The average molecular weight is 303 g/mol. The summed E-state index contributed by atoms with van der Waals surface area (Å²) in [5.41, 5.74) is 1.36. The Bertz CT molecular complexity index is 638. The Balaban J connectivity index is 1.68. The molecule has 0 aliphatic carbocycles. The first kappa shape index (κ1) is 13.8. The SMILES string of the molecule is O=C(Nc1ccc(N2CCCC2)cn1)c1cc(Cl)ccn1. The summed E-state index contributed by atoms with van der Waals surface area (Å²) in [4.78, 5) is 22.6. The summed E-state index contributed by atoms with van der Waals surface area (Å²) >= 11 is 5.84. The van der Waals surface area contributed by atoms with Crippen LogP contribution in [0.3, 0.4) is 0 Å². The molecule has 6 heteroatoms. The molecule has 1 aliphatic heterocycles. The van der Waals surface area contributed by atoms with E-state index in [1.807, 2.05) is 6.07 Å². The van der Waals surface area contributed by atoms with E-state index in [0.717, 1.165) is 18.8 Å². The van der Waals surface area contributed by atoms with Gasteiger partial charge in [0.25, 0.3) is 5.91 Å². The number of hydrogen-bond donors (Lipinski definition) is 1. The second-order valence-corrected chi connectivity index (χ2v) is 5.35. The Hall–Kier alpha value is -2.14. The van der Waals surface area contributed by atoms with Crippen molar-refractivity contribution >= 4 is 29.0 Å². The van der Waals surface area contributed by atoms with E-state index >= 15 is 0 Å². The maximum absolute atomic E-state index is 12.0. The zero-order valence-electron chi connectivity index (χ0n) is 11.4. The van der Waals surface area contributed by atoms with E-state index in [1.165, 1.54) is 25.1 Å². The van der Waals surface area contributed by atoms with Gasteiger partial charge in [0.1, 0.15) is 11.5 Å². The van der Waals surface area contributed by atoms with Crippen molar-refractivity contribution in [3.8, 4) is 0 Å². The Morgan fingerprint density at radius 2 is 2.00 bits per heavy atom. The molecule has 3 heterocycles. The van der Waals surface area contributed by atoms with Gasteiger partial charge in [0.15, 0.2) is 0 Å². The highest BCUT2D eigenvalue weighted by molar-refractivity contribution is 6.30. The molecule has 5 nitrogen and oxygen atoms in total. The monoisotopic (exact) mass is 302 g/mol. The number of halogens is 1. The first-order valence-electron chi connectivity index (χ1n) is 6.86. The fourth-order valence-corrected chi connectivity index (χ4v) is 2.49. The molecule has 0 unspecified atom stereocenters. The second-order valence-electron chi connectivity index (χ2n) is 4.91. The van der Waals surface area contributed by atoms with Crippen LogP contribution in [0, 0.1) is 0 Å². The van der Waals surface area contributed by atoms with Crippen molar-refractivity contribution < 1.29 is 4.79 Å². The Morgan fingerprint density at radius 1 is 1.19 bits per heavy atom. The summed E-state index contributed by atoms with van der Waals surface area (Å²) in [5, 5.41) is 3.19. The summed E-state index contributed by atoms with van der Waals surface area (Å²) in [6.45, 7) is 2.14. The van der Waals surface area contributed by atoms with Gasteiger partial charge in [-0.25, -0.2) is 4.98 Å². The minimum absolute atomic E-state index is 0.271. The molecule has 0 bridgehead atoms. The molecule has 1 aliphatic rings. The van der Waals surface area contributed by atoms with Gasteiger partial charge in [-0.15, -0.1) is 0 Å². The van der Waals surface area contributed by atoms with E-state index in [9.17, 15) is 4.79 Å². The van der Waals surface area contributed by atoms with Crippen LogP contribution < -0.4 is 10.2 Å². The maximum atomic E-state index is 12.0. The van der Waals surface area contributed by atoms with Crippen LogP contribution in [0.15, 0.2) is 36.7 Å². The molecule has 108 valence electrons. The van der Waals surface area contributed by atoms with Gasteiger partial charge in [-0.2, -0.15) is 0 Å². The first-order valence-corrected chi connectivity index (χ1v) is 7.24. The van der Waals surface area contributed by atoms with Crippen LogP contribution in [0.2, 0.25) is 5.02 Å². The van der Waals surface area contributed by atoms with Gasteiger partial charge in [0.2, 0.25) is 0 Å². The molecule has 1 amide bonds. The van der Waals surface area contributed by atoms with Gasteiger partial charge in [0.05, 0.1) is 11.9 Å². The number of carbonyl (C=O) groups is 1. The molecule has 1 N–H and O–H groups in total. The highest BCUT2D eigenvalue weighted by Crippen LogP contribution is 2.20. The molecule has 0 atom stereocenters. The molecular weight excluding hydrogens is 288 g/mol. The van der Waals surface area contributed by atoms with Crippen molar-refractivity contribution in [3.63, 3.8) is 0 Å². The first-order chi connectivity index (χ1) is 10.2. The molecule has 0 aromatic carbocycles. The van der Waals surface area contributed by atoms with Gasteiger partial charge >= 0.3 is 0 Å². The van der Waals surface area contributed by atoms with Crippen molar-refractivity contribution in [2.75, 3.05) is 23.3 Å². The van der Waals surface area contributed by atoms with Crippen LogP contribution in [0.4, 0.5) is 11.5 Å². The van der Waals surface area contributed by atoms with Gasteiger partial charge in [0, 0.05) is 24.3 Å². The van der Waals surface area contributed by atoms with Crippen molar-refractivity contribution in [3.05, 3.63) is 47.4 Å². The topological polar surface area (TPSA) is 58.1 Å². The Morgan fingerprint density at radius 3 is 2.67 bits per heavy atom. The summed E-state index contributed by atoms with van der Waals surface area (Å²) in [6, 6.07) is 6.92. The quantitative estimate of drug-likeness (QED) is 0.947. The van der Waals surface area contributed by atoms with Crippen LogP contribution >= 0.6 is 11.6 Å². The van der Waals surface area contributed by atoms with Crippen molar-refractivity contribution in [2.45, 2.75) is 12.8 Å². The highest BCUT2D eigenvalue weighted by atomic mass is 35.5. The number of nitrogens with zero attached hydrogens (tertiary/aromatic N) is 3. The minimum Gasteiger partial charge on any atom is -0.370 e. The third-order valence-electron chi connectivity index (χ3n) is 3.42. The number of nitrogens with one attached hydrogen (secondary N) is 1. The van der Waals surface area contributed by atoms with E-state index in [-0.39, 0.29) is 11.6 Å². The van der Waals surface area contributed by atoms with Crippen LogP contribution in [-0.2, 0) is 0 Å². The van der Waals surface area contributed by atoms with Gasteiger partial charge in [-0.1, -0.05) is 11.6 Å². The van der Waals surface area contributed by atoms with Crippen LogP contribution in [0.1, 0.15) is 23.3 Å². The molecule has 1 fully saturated rings. The van der Waals surface area contributed by atoms with E-state index < -0.39 is 0 Å². The molecule has 21 heavy (non-hydrogen) atoms. The van der Waals surface area contributed by atoms with E-state index in [1.54, 1.807) is 18.3 Å². The molecule has 2 aromatic heterocycles. The molecule has 3 rings (SSSR count). The molecule has 1 saturated heterocycles. The summed E-state index contributed by atoms with van der Waals surface area (Å²) in [6.07, 6.45) is 5.73. The second kappa shape index (κ2) is 6.10. The van der Waals surface area contributed by atoms with Crippen LogP contribution in [0.25, 0.3) is 0 Å². The number of amides is 1. The fraction of sp³-hybridized carbons (Fsp3) is 0.267. The standard InChI is InChI=1S/C15H15ClN4O/c16-11-5-6-17-13(9-11)15(21)19-14-4-3-12(10-18-14)20-7-1-2-8-20/h3-6,9-10H,1-2,7-8H2,(H,18,19,21). The lowest BCUT2D eigenvalue weighted by molar-refractivity contribution is 0.102. The normalized spacial score (nSPS) is 14.2. The number of carbonyl (C=O) groups excluding carboxylic acids is 1. The molecule has 0 spiro atoms. The van der Waals surface area contributed by atoms with Crippen molar-refractivity contribution in [2.24, 2.45) is 0 Å².